The van der Waals surface area contributed by atoms with Gasteiger partial charge in [-0.25, -0.2) is 9.37 Å². The molecule has 0 atom stereocenters. The number of ether oxygens (including phenoxy) is 1. The van der Waals surface area contributed by atoms with Gasteiger partial charge in [-0.2, -0.15) is 0 Å². The Morgan fingerprint density at radius 2 is 1.73 bits per heavy atom. The summed E-state index contributed by atoms with van der Waals surface area (Å²) in [4.78, 5) is 17.0. The number of nitrogens with zero attached hydrogens (tertiary/aromatic N) is 2. The molecule has 3 aromatic carbocycles. The Hall–Kier alpha value is -3.32. The van der Waals surface area contributed by atoms with Gasteiger partial charge in [0.1, 0.15) is 18.2 Å². The molecule has 1 heterocycles. The molecule has 7 heteroatoms. The van der Waals surface area contributed by atoms with Gasteiger partial charge in [0.25, 0.3) is 0 Å². The SMILES string of the molecule is O=C(CSc1nc2ccccc2n1CCOc1ccccc1)Nc1ccc(F)cc1. The average molecular weight is 421 g/mol. The van der Waals surface area contributed by atoms with E-state index in [1.807, 2.05) is 54.6 Å². The molecule has 4 rings (SSSR count). The summed E-state index contributed by atoms with van der Waals surface area (Å²) in [5, 5.41) is 3.52. The minimum Gasteiger partial charge on any atom is -0.492 e. The second kappa shape index (κ2) is 9.45. The summed E-state index contributed by atoms with van der Waals surface area (Å²) < 4.78 is 20.9. The molecule has 0 spiro atoms. The van der Waals surface area contributed by atoms with Crippen LogP contribution in [-0.4, -0.2) is 27.8 Å². The van der Waals surface area contributed by atoms with Crippen LogP contribution in [0.3, 0.4) is 0 Å². The highest BCUT2D eigenvalue weighted by molar-refractivity contribution is 7.99. The van der Waals surface area contributed by atoms with Crippen molar-refractivity contribution in [3.05, 3.63) is 84.7 Å². The van der Waals surface area contributed by atoms with Crippen LogP contribution in [0.25, 0.3) is 11.0 Å². The number of carbonyl (C=O) groups excluding carboxylic acids is 1. The third-order valence-corrected chi connectivity index (χ3v) is 5.38. The number of hydrogen-bond donors (Lipinski definition) is 1. The number of aromatic nitrogens is 2. The summed E-state index contributed by atoms with van der Waals surface area (Å²) >= 11 is 1.36. The number of rotatable bonds is 8. The molecular weight excluding hydrogens is 401 g/mol. The van der Waals surface area contributed by atoms with Crippen LogP contribution in [-0.2, 0) is 11.3 Å². The molecule has 0 saturated carbocycles. The highest BCUT2D eigenvalue weighted by Gasteiger charge is 2.13. The van der Waals surface area contributed by atoms with E-state index in [1.54, 1.807) is 0 Å². The van der Waals surface area contributed by atoms with Crippen molar-refractivity contribution in [1.29, 1.82) is 0 Å². The van der Waals surface area contributed by atoms with Crippen molar-refractivity contribution in [2.45, 2.75) is 11.7 Å². The molecule has 0 radical (unpaired) electrons. The average Bonchev–Trinajstić information content (AvgIpc) is 3.12. The minimum absolute atomic E-state index is 0.175. The van der Waals surface area contributed by atoms with Crippen LogP contribution in [0.1, 0.15) is 0 Å². The third-order valence-electron chi connectivity index (χ3n) is 4.41. The molecule has 0 unspecified atom stereocenters. The van der Waals surface area contributed by atoms with Crippen molar-refractivity contribution >= 4 is 34.4 Å². The summed E-state index contributed by atoms with van der Waals surface area (Å²) in [7, 11) is 0. The number of hydrogen-bond acceptors (Lipinski definition) is 4. The number of fused-ring (bicyclic) bond motifs is 1. The fourth-order valence-corrected chi connectivity index (χ4v) is 3.85. The van der Waals surface area contributed by atoms with Crippen LogP contribution in [0, 0.1) is 5.82 Å². The first-order valence-electron chi connectivity index (χ1n) is 9.50. The molecule has 0 saturated heterocycles. The van der Waals surface area contributed by atoms with Gasteiger partial charge in [0.05, 0.1) is 23.3 Å². The highest BCUT2D eigenvalue weighted by Crippen LogP contribution is 2.24. The van der Waals surface area contributed by atoms with Gasteiger partial charge in [-0.1, -0.05) is 42.1 Å². The molecule has 0 aliphatic rings. The third kappa shape index (κ3) is 4.99. The Morgan fingerprint density at radius 3 is 2.53 bits per heavy atom. The quantitative estimate of drug-likeness (QED) is 0.408. The molecule has 0 aliphatic heterocycles. The van der Waals surface area contributed by atoms with E-state index >= 15 is 0 Å². The fraction of sp³-hybridized carbons (Fsp3) is 0.130. The zero-order valence-electron chi connectivity index (χ0n) is 16.1. The Labute approximate surface area is 177 Å². The summed E-state index contributed by atoms with van der Waals surface area (Å²) in [6.45, 7) is 1.09. The summed E-state index contributed by atoms with van der Waals surface area (Å²) in [6, 6.07) is 23.2. The monoisotopic (exact) mass is 421 g/mol. The predicted octanol–water partition coefficient (Wildman–Crippen LogP) is 4.99. The van der Waals surface area contributed by atoms with E-state index in [9.17, 15) is 9.18 Å². The molecule has 152 valence electrons. The maximum Gasteiger partial charge on any atom is 0.234 e. The number of thioether (sulfide) groups is 1. The molecule has 1 N–H and O–H groups in total. The molecule has 5 nitrogen and oxygen atoms in total. The van der Waals surface area contributed by atoms with Crippen LogP contribution >= 0.6 is 11.8 Å². The Kier molecular flexibility index (Phi) is 6.29. The standard InChI is InChI=1S/C23H20FN3O2S/c24-17-10-12-18(13-11-17)25-22(28)16-30-23-26-20-8-4-5-9-21(20)27(23)14-15-29-19-6-2-1-3-7-19/h1-13H,14-16H2,(H,25,28). The van der Waals surface area contributed by atoms with Crippen LogP contribution in [0.15, 0.2) is 84.0 Å². The van der Waals surface area contributed by atoms with Crippen molar-refractivity contribution in [2.75, 3.05) is 17.7 Å². The molecule has 0 fully saturated rings. The smallest absolute Gasteiger partial charge is 0.234 e. The summed E-state index contributed by atoms with van der Waals surface area (Å²) in [5.74, 6) is 0.495. The van der Waals surface area contributed by atoms with Crippen molar-refractivity contribution in [3.63, 3.8) is 0 Å². The number of halogens is 1. The van der Waals surface area contributed by atoms with Crippen molar-refractivity contribution in [1.82, 2.24) is 9.55 Å². The Morgan fingerprint density at radius 1 is 1.00 bits per heavy atom. The van der Waals surface area contributed by atoms with E-state index in [0.29, 0.717) is 18.8 Å². The van der Waals surface area contributed by atoms with E-state index in [1.165, 1.54) is 36.0 Å². The van der Waals surface area contributed by atoms with Gasteiger partial charge in [-0.05, 0) is 48.5 Å². The van der Waals surface area contributed by atoms with Gasteiger partial charge in [0.15, 0.2) is 5.16 Å². The maximum absolute atomic E-state index is 13.0. The lowest BCUT2D eigenvalue weighted by atomic mass is 10.3. The van der Waals surface area contributed by atoms with Gasteiger partial charge >= 0.3 is 0 Å². The number of amides is 1. The number of carbonyl (C=O) groups is 1. The molecular formula is C23H20FN3O2S. The maximum atomic E-state index is 13.0. The first kappa shape index (κ1) is 20.0. The lowest BCUT2D eigenvalue weighted by Gasteiger charge is -2.11. The lowest BCUT2D eigenvalue weighted by Crippen LogP contribution is -2.15. The van der Waals surface area contributed by atoms with Crippen molar-refractivity contribution < 1.29 is 13.9 Å². The van der Waals surface area contributed by atoms with Crippen LogP contribution in [0.2, 0.25) is 0 Å². The number of nitrogens with one attached hydrogen (secondary N) is 1. The van der Waals surface area contributed by atoms with E-state index in [4.69, 9.17) is 4.74 Å². The number of para-hydroxylation sites is 3. The van der Waals surface area contributed by atoms with Gasteiger partial charge in [0, 0.05) is 5.69 Å². The first-order valence-corrected chi connectivity index (χ1v) is 10.5. The molecule has 1 amide bonds. The van der Waals surface area contributed by atoms with E-state index < -0.39 is 0 Å². The van der Waals surface area contributed by atoms with Gasteiger partial charge in [-0.3, -0.25) is 4.79 Å². The fourth-order valence-electron chi connectivity index (χ4n) is 3.01. The Bertz CT molecular complexity index is 1130. The minimum atomic E-state index is -0.339. The first-order chi connectivity index (χ1) is 14.7. The van der Waals surface area contributed by atoms with E-state index in [2.05, 4.69) is 14.9 Å². The second-order valence-corrected chi connectivity index (χ2v) is 7.48. The van der Waals surface area contributed by atoms with E-state index in [-0.39, 0.29) is 17.5 Å². The van der Waals surface area contributed by atoms with Crippen LogP contribution in [0.4, 0.5) is 10.1 Å². The zero-order chi connectivity index (χ0) is 20.8. The molecule has 1 aromatic heterocycles. The molecule has 4 aromatic rings. The van der Waals surface area contributed by atoms with E-state index in [0.717, 1.165) is 21.9 Å². The number of imidazole rings is 1. The second-order valence-electron chi connectivity index (χ2n) is 6.54. The summed E-state index contributed by atoms with van der Waals surface area (Å²) in [6.07, 6.45) is 0. The van der Waals surface area contributed by atoms with Gasteiger partial charge in [-0.15, -0.1) is 0 Å². The van der Waals surface area contributed by atoms with Gasteiger partial charge < -0.3 is 14.6 Å². The van der Waals surface area contributed by atoms with Gasteiger partial charge in [0.2, 0.25) is 5.91 Å². The van der Waals surface area contributed by atoms with Crippen molar-refractivity contribution in [3.8, 4) is 5.75 Å². The number of benzene rings is 3. The molecule has 0 bridgehead atoms. The Balaban J connectivity index is 1.42. The zero-order valence-corrected chi connectivity index (χ0v) is 16.9. The van der Waals surface area contributed by atoms with Crippen LogP contribution < -0.4 is 10.1 Å². The largest absolute Gasteiger partial charge is 0.492 e. The number of anilines is 1. The normalized spacial score (nSPS) is 10.8. The molecule has 0 aliphatic carbocycles. The molecule has 30 heavy (non-hydrogen) atoms. The topological polar surface area (TPSA) is 56.2 Å². The lowest BCUT2D eigenvalue weighted by molar-refractivity contribution is -0.113. The van der Waals surface area contributed by atoms with Crippen LogP contribution in [0.5, 0.6) is 5.75 Å². The summed E-state index contributed by atoms with van der Waals surface area (Å²) in [5.41, 5.74) is 2.43. The highest BCUT2D eigenvalue weighted by atomic mass is 32.2. The van der Waals surface area contributed by atoms with Crippen molar-refractivity contribution in [2.24, 2.45) is 0 Å². The predicted molar refractivity (Wildman–Crippen MR) is 117 cm³/mol.